The van der Waals surface area contributed by atoms with E-state index in [2.05, 4.69) is 42.4 Å². The van der Waals surface area contributed by atoms with Crippen LogP contribution in [-0.2, 0) is 6.61 Å². The van der Waals surface area contributed by atoms with Gasteiger partial charge in [0.25, 0.3) is 0 Å². The molecule has 0 N–H and O–H groups in total. The van der Waals surface area contributed by atoms with Crippen LogP contribution >= 0.6 is 0 Å². The van der Waals surface area contributed by atoms with E-state index in [1.165, 1.54) is 5.56 Å². The zero-order chi connectivity index (χ0) is 17.8. The van der Waals surface area contributed by atoms with Gasteiger partial charge in [-0.25, -0.2) is 4.68 Å². The van der Waals surface area contributed by atoms with E-state index >= 15 is 0 Å². The quantitative estimate of drug-likeness (QED) is 0.673. The van der Waals surface area contributed by atoms with Crippen molar-refractivity contribution in [3.8, 4) is 17.2 Å². The van der Waals surface area contributed by atoms with E-state index in [0.717, 1.165) is 28.4 Å². The maximum Gasteiger partial charge on any atom is 0.134 e. The first-order valence-corrected chi connectivity index (χ1v) is 8.36. The largest absolute Gasteiger partial charge is 0.497 e. The van der Waals surface area contributed by atoms with E-state index in [-0.39, 0.29) is 0 Å². The Hall–Kier alpha value is -2.82. The highest BCUT2D eigenvalue weighted by Gasteiger charge is 2.08. The molecule has 1 aromatic heterocycles. The SMILES string of the molecule is COc1ccc(-n2cc(COc3cc(C(C)C)ccc3C)nn2)cc1. The molecule has 130 valence electrons. The smallest absolute Gasteiger partial charge is 0.134 e. The van der Waals surface area contributed by atoms with Crippen molar-refractivity contribution in [2.75, 3.05) is 7.11 Å². The molecular formula is C20H23N3O2. The average molecular weight is 337 g/mol. The lowest BCUT2D eigenvalue weighted by molar-refractivity contribution is 0.298. The Morgan fingerprint density at radius 2 is 1.84 bits per heavy atom. The summed E-state index contributed by atoms with van der Waals surface area (Å²) in [6, 6.07) is 14.0. The van der Waals surface area contributed by atoms with Crippen LogP contribution in [0.2, 0.25) is 0 Å². The summed E-state index contributed by atoms with van der Waals surface area (Å²) < 4.78 is 12.9. The van der Waals surface area contributed by atoms with Crippen LogP contribution in [0.3, 0.4) is 0 Å². The zero-order valence-corrected chi connectivity index (χ0v) is 15.1. The normalized spacial score (nSPS) is 10.9. The molecule has 0 saturated carbocycles. The molecule has 3 rings (SSSR count). The Morgan fingerprint density at radius 1 is 1.08 bits per heavy atom. The second kappa shape index (κ2) is 7.38. The van der Waals surface area contributed by atoms with Crippen molar-refractivity contribution >= 4 is 0 Å². The molecular weight excluding hydrogens is 314 g/mol. The van der Waals surface area contributed by atoms with Gasteiger partial charge in [0.1, 0.15) is 23.8 Å². The van der Waals surface area contributed by atoms with Gasteiger partial charge in [0.2, 0.25) is 0 Å². The fourth-order valence-electron chi connectivity index (χ4n) is 2.51. The van der Waals surface area contributed by atoms with E-state index in [1.54, 1.807) is 11.8 Å². The highest BCUT2D eigenvalue weighted by Crippen LogP contribution is 2.25. The van der Waals surface area contributed by atoms with Crippen molar-refractivity contribution in [3.05, 3.63) is 65.5 Å². The minimum Gasteiger partial charge on any atom is -0.497 e. The van der Waals surface area contributed by atoms with Crippen molar-refractivity contribution in [2.45, 2.75) is 33.3 Å². The van der Waals surface area contributed by atoms with Gasteiger partial charge in [0.05, 0.1) is 19.0 Å². The molecule has 0 fully saturated rings. The van der Waals surface area contributed by atoms with Crippen LogP contribution in [0.5, 0.6) is 11.5 Å². The first-order valence-electron chi connectivity index (χ1n) is 8.36. The second-order valence-corrected chi connectivity index (χ2v) is 6.32. The number of hydrogen-bond acceptors (Lipinski definition) is 4. The van der Waals surface area contributed by atoms with E-state index < -0.39 is 0 Å². The number of rotatable bonds is 6. The van der Waals surface area contributed by atoms with Crippen molar-refractivity contribution < 1.29 is 9.47 Å². The van der Waals surface area contributed by atoms with Crippen LogP contribution in [0.15, 0.2) is 48.7 Å². The lowest BCUT2D eigenvalue weighted by Crippen LogP contribution is -1.99. The minimum atomic E-state index is 0.387. The average Bonchev–Trinajstić information content (AvgIpc) is 3.10. The number of nitrogens with zero attached hydrogens (tertiary/aromatic N) is 3. The van der Waals surface area contributed by atoms with Gasteiger partial charge in [0, 0.05) is 0 Å². The molecule has 2 aromatic carbocycles. The minimum absolute atomic E-state index is 0.387. The summed E-state index contributed by atoms with van der Waals surface area (Å²) in [4.78, 5) is 0. The number of methoxy groups -OCH3 is 1. The second-order valence-electron chi connectivity index (χ2n) is 6.32. The first-order chi connectivity index (χ1) is 12.1. The van der Waals surface area contributed by atoms with Crippen molar-refractivity contribution in [3.63, 3.8) is 0 Å². The Labute approximate surface area is 148 Å². The summed E-state index contributed by atoms with van der Waals surface area (Å²) in [6.45, 7) is 6.79. The third-order valence-corrected chi connectivity index (χ3v) is 4.13. The lowest BCUT2D eigenvalue weighted by Gasteiger charge is -2.11. The Kier molecular flexibility index (Phi) is 5.03. The standard InChI is InChI=1S/C20H23N3O2/c1-14(2)16-6-5-15(3)20(11-16)25-13-17-12-23(22-21-17)18-7-9-19(24-4)10-8-18/h5-12,14H,13H2,1-4H3. The first kappa shape index (κ1) is 17.0. The van der Waals surface area contributed by atoms with Gasteiger partial charge in [-0.2, -0.15) is 0 Å². The summed E-state index contributed by atoms with van der Waals surface area (Å²) in [5, 5.41) is 8.36. The van der Waals surface area contributed by atoms with E-state index in [1.807, 2.05) is 37.4 Å². The Bertz CT molecular complexity index is 838. The summed E-state index contributed by atoms with van der Waals surface area (Å²) in [7, 11) is 1.65. The molecule has 0 aliphatic heterocycles. The fraction of sp³-hybridized carbons (Fsp3) is 0.300. The van der Waals surface area contributed by atoms with E-state index in [4.69, 9.17) is 9.47 Å². The van der Waals surface area contributed by atoms with Gasteiger partial charge >= 0.3 is 0 Å². The van der Waals surface area contributed by atoms with Gasteiger partial charge in [0.15, 0.2) is 0 Å². The molecule has 0 unspecified atom stereocenters. The van der Waals surface area contributed by atoms with Gasteiger partial charge < -0.3 is 9.47 Å². The predicted molar refractivity (Wildman–Crippen MR) is 97.5 cm³/mol. The monoisotopic (exact) mass is 337 g/mol. The van der Waals surface area contributed by atoms with Gasteiger partial charge in [-0.15, -0.1) is 5.10 Å². The summed E-state index contributed by atoms with van der Waals surface area (Å²) in [6.07, 6.45) is 1.88. The van der Waals surface area contributed by atoms with Gasteiger partial charge in [-0.05, 0) is 54.3 Å². The third kappa shape index (κ3) is 3.99. The lowest BCUT2D eigenvalue weighted by atomic mass is 10.0. The number of hydrogen-bond donors (Lipinski definition) is 0. The predicted octanol–water partition coefficient (Wildman–Crippen LogP) is 4.29. The van der Waals surface area contributed by atoms with Crippen LogP contribution in [0.1, 0.15) is 36.6 Å². The van der Waals surface area contributed by atoms with Crippen LogP contribution in [-0.4, -0.2) is 22.1 Å². The van der Waals surface area contributed by atoms with Crippen LogP contribution in [0, 0.1) is 6.92 Å². The number of ether oxygens (including phenoxy) is 2. The fourth-order valence-corrected chi connectivity index (χ4v) is 2.51. The molecule has 0 aliphatic carbocycles. The molecule has 1 heterocycles. The molecule has 3 aromatic rings. The Morgan fingerprint density at radius 3 is 2.52 bits per heavy atom. The maximum absolute atomic E-state index is 5.96. The molecule has 5 nitrogen and oxygen atoms in total. The van der Waals surface area contributed by atoms with Crippen molar-refractivity contribution in [1.82, 2.24) is 15.0 Å². The van der Waals surface area contributed by atoms with Crippen molar-refractivity contribution in [2.24, 2.45) is 0 Å². The summed E-state index contributed by atoms with van der Waals surface area (Å²) in [5.41, 5.74) is 4.09. The third-order valence-electron chi connectivity index (χ3n) is 4.13. The van der Waals surface area contributed by atoms with E-state index in [0.29, 0.717) is 12.5 Å². The molecule has 0 bridgehead atoms. The van der Waals surface area contributed by atoms with Gasteiger partial charge in [-0.1, -0.05) is 31.2 Å². The molecule has 0 radical (unpaired) electrons. The van der Waals surface area contributed by atoms with Crippen LogP contribution in [0.25, 0.3) is 5.69 Å². The molecule has 0 atom stereocenters. The highest BCUT2D eigenvalue weighted by molar-refractivity contribution is 5.38. The Balaban J connectivity index is 1.70. The summed E-state index contributed by atoms with van der Waals surface area (Å²) in [5.74, 6) is 2.18. The van der Waals surface area contributed by atoms with Gasteiger partial charge in [-0.3, -0.25) is 0 Å². The number of aryl methyl sites for hydroxylation is 1. The number of benzene rings is 2. The highest BCUT2D eigenvalue weighted by atomic mass is 16.5. The molecule has 5 heteroatoms. The molecule has 0 saturated heterocycles. The topological polar surface area (TPSA) is 49.2 Å². The molecule has 0 aliphatic rings. The molecule has 25 heavy (non-hydrogen) atoms. The zero-order valence-electron chi connectivity index (χ0n) is 15.1. The maximum atomic E-state index is 5.96. The van der Waals surface area contributed by atoms with Crippen LogP contribution in [0.4, 0.5) is 0 Å². The van der Waals surface area contributed by atoms with Crippen molar-refractivity contribution in [1.29, 1.82) is 0 Å². The molecule has 0 amide bonds. The number of aromatic nitrogens is 3. The van der Waals surface area contributed by atoms with E-state index in [9.17, 15) is 0 Å². The summed E-state index contributed by atoms with van der Waals surface area (Å²) >= 11 is 0. The molecule has 0 spiro atoms. The van der Waals surface area contributed by atoms with Crippen LogP contribution < -0.4 is 9.47 Å².